The van der Waals surface area contributed by atoms with Gasteiger partial charge in [0.2, 0.25) is 0 Å². The fourth-order valence-corrected chi connectivity index (χ4v) is 0.778. The molecule has 1 fully saturated rings. The topological polar surface area (TPSA) is 72.5 Å². The van der Waals surface area contributed by atoms with Crippen molar-refractivity contribution >= 4 is 5.97 Å². The van der Waals surface area contributed by atoms with Gasteiger partial charge in [-0.15, -0.1) is 0 Å². The van der Waals surface area contributed by atoms with E-state index in [2.05, 4.69) is 0 Å². The van der Waals surface area contributed by atoms with E-state index in [-0.39, 0.29) is 0 Å². The normalized spacial score (nSPS) is 21.6. The number of esters is 1. The van der Waals surface area contributed by atoms with Crippen LogP contribution in [-0.4, -0.2) is 29.8 Å². The molecule has 0 amide bonds. The summed E-state index contributed by atoms with van der Waals surface area (Å²) in [5.74, 6) is 0.0343. The van der Waals surface area contributed by atoms with Crippen molar-refractivity contribution in [2.45, 2.75) is 31.9 Å². The minimum atomic E-state index is -0.899. The van der Waals surface area contributed by atoms with Gasteiger partial charge in [0.05, 0.1) is 12.7 Å². The van der Waals surface area contributed by atoms with Gasteiger partial charge in [-0.2, -0.15) is 0 Å². The molecule has 70 valence electrons. The molecule has 0 aliphatic heterocycles. The molecular formula is C8H15NO3. The zero-order valence-corrected chi connectivity index (χ0v) is 7.19. The lowest BCUT2D eigenvalue weighted by Crippen LogP contribution is -2.41. The second-order valence-corrected chi connectivity index (χ2v) is 3.34. The van der Waals surface area contributed by atoms with Crippen molar-refractivity contribution in [3.63, 3.8) is 0 Å². The summed E-state index contributed by atoms with van der Waals surface area (Å²) in [6.45, 7) is 1.93. The largest absolute Gasteiger partial charge is 0.464 e. The van der Waals surface area contributed by atoms with Gasteiger partial charge in [0.15, 0.2) is 0 Å². The first-order chi connectivity index (χ1) is 5.61. The van der Waals surface area contributed by atoms with Gasteiger partial charge >= 0.3 is 5.97 Å². The lowest BCUT2D eigenvalue weighted by atomic mass is 10.2. The van der Waals surface area contributed by atoms with Gasteiger partial charge < -0.3 is 15.6 Å². The fraction of sp³-hybridized carbons (Fsp3) is 0.875. The first-order valence-corrected chi connectivity index (χ1v) is 4.21. The molecule has 3 N–H and O–H groups in total. The van der Waals surface area contributed by atoms with Gasteiger partial charge in [-0.1, -0.05) is 0 Å². The molecule has 0 aromatic rings. The molecule has 4 nitrogen and oxygen atoms in total. The van der Waals surface area contributed by atoms with Crippen LogP contribution >= 0.6 is 0 Å². The number of aliphatic hydroxyl groups excluding tert-OH is 1. The Morgan fingerprint density at radius 2 is 2.33 bits per heavy atom. The lowest BCUT2D eigenvalue weighted by Gasteiger charge is -2.13. The predicted octanol–water partition coefficient (Wildman–Crippen LogP) is -0.352. The summed E-state index contributed by atoms with van der Waals surface area (Å²) in [4.78, 5) is 11.0. The van der Waals surface area contributed by atoms with Crippen LogP contribution in [0.4, 0.5) is 0 Å². The summed E-state index contributed by atoms with van der Waals surface area (Å²) in [5.41, 5.74) is 5.34. The van der Waals surface area contributed by atoms with Gasteiger partial charge in [0.25, 0.3) is 0 Å². The molecule has 2 unspecified atom stereocenters. The van der Waals surface area contributed by atoms with Crippen molar-refractivity contribution in [2.75, 3.05) is 6.61 Å². The number of hydrogen-bond acceptors (Lipinski definition) is 4. The van der Waals surface area contributed by atoms with Gasteiger partial charge in [-0.3, -0.25) is 4.79 Å². The number of aliphatic hydroxyl groups is 1. The van der Waals surface area contributed by atoms with Crippen molar-refractivity contribution in [3.8, 4) is 0 Å². The first kappa shape index (κ1) is 9.48. The molecule has 12 heavy (non-hydrogen) atoms. The molecule has 0 saturated heterocycles. The van der Waals surface area contributed by atoms with E-state index >= 15 is 0 Å². The fourth-order valence-electron chi connectivity index (χ4n) is 0.778. The van der Waals surface area contributed by atoms with Crippen LogP contribution in [0.2, 0.25) is 0 Å². The second kappa shape index (κ2) is 3.87. The minimum absolute atomic E-state index is 0.458. The Balaban J connectivity index is 2.16. The van der Waals surface area contributed by atoms with Crippen LogP contribution in [-0.2, 0) is 9.53 Å². The summed E-state index contributed by atoms with van der Waals surface area (Å²) in [7, 11) is 0. The smallest absolute Gasteiger partial charge is 0.325 e. The molecule has 0 aromatic carbocycles. The average Bonchev–Trinajstić information content (AvgIpc) is 2.81. The van der Waals surface area contributed by atoms with E-state index in [1.807, 2.05) is 0 Å². The van der Waals surface area contributed by atoms with Crippen molar-refractivity contribution in [3.05, 3.63) is 0 Å². The highest BCUT2D eigenvalue weighted by Gasteiger charge is 2.26. The molecule has 0 bridgehead atoms. The highest BCUT2D eigenvalue weighted by Crippen LogP contribution is 2.28. The first-order valence-electron chi connectivity index (χ1n) is 4.21. The third-order valence-electron chi connectivity index (χ3n) is 1.95. The Hall–Kier alpha value is -0.610. The Labute approximate surface area is 71.7 Å². The summed E-state index contributed by atoms with van der Waals surface area (Å²) in [6, 6.07) is -0.899. The highest BCUT2D eigenvalue weighted by atomic mass is 16.5. The highest BCUT2D eigenvalue weighted by molar-refractivity contribution is 5.76. The van der Waals surface area contributed by atoms with E-state index in [9.17, 15) is 4.79 Å². The van der Waals surface area contributed by atoms with Crippen molar-refractivity contribution < 1.29 is 14.6 Å². The molecule has 1 rings (SSSR count). The van der Waals surface area contributed by atoms with Crippen LogP contribution in [0.5, 0.6) is 0 Å². The zero-order chi connectivity index (χ0) is 9.14. The van der Waals surface area contributed by atoms with Crippen molar-refractivity contribution in [1.29, 1.82) is 0 Å². The van der Waals surface area contributed by atoms with E-state index in [1.165, 1.54) is 6.92 Å². The minimum Gasteiger partial charge on any atom is -0.464 e. The summed E-state index contributed by atoms with van der Waals surface area (Å²) in [6.07, 6.45) is 1.44. The number of hydrogen-bond donors (Lipinski definition) is 2. The molecule has 1 aliphatic carbocycles. The van der Waals surface area contributed by atoms with Crippen molar-refractivity contribution in [1.82, 2.24) is 0 Å². The Kier molecular flexibility index (Phi) is 3.05. The van der Waals surface area contributed by atoms with E-state index < -0.39 is 18.1 Å². The number of nitrogens with two attached hydrogens (primary N) is 1. The van der Waals surface area contributed by atoms with E-state index in [0.29, 0.717) is 12.5 Å². The number of ether oxygens (including phenoxy) is 1. The van der Waals surface area contributed by atoms with Crippen LogP contribution in [0.1, 0.15) is 19.8 Å². The molecule has 1 saturated carbocycles. The molecule has 0 heterocycles. The Morgan fingerprint density at radius 3 is 2.75 bits per heavy atom. The van der Waals surface area contributed by atoms with Gasteiger partial charge in [0.1, 0.15) is 6.04 Å². The summed E-state index contributed by atoms with van der Waals surface area (Å²) < 4.78 is 4.87. The molecule has 0 spiro atoms. The van der Waals surface area contributed by atoms with Crippen LogP contribution in [0.25, 0.3) is 0 Å². The predicted molar refractivity (Wildman–Crippen MR) is 43.3 cm³/mol. The average molecular weight is 173 g/mol. The lowest BCUT2D eigenvalue weighted by molar-refractivity contribution is -0.148. The maximum atomic E-state index is 11.0. The quantitative estimate of drug-likeness (QED) is 0.570. The zero-order valence-electron chi connectivity index (χ0n) is 7.19. The third kappa shape index (κ3) is 2.79. The molecule has 0 radical (unpaired) electrons. The Morgan fingerprint density at radius 1 is 1.75 bits per heavy atom. The molecule has 0 aromatic heterocycles. The third-order valence-corrected chi connectivity index (χ3v) is 1.95. The van der Waals surface area contributed by atoms with Gasteiger partial charge in [0, 0.05) is 0 Å². The number of carbonyl (C=O) groups excluding carboxylic acids is 1. The van der Waals surface area contributed by atoms with Gasteiger partial charge in [-0.05, 0) is 25.7 Å². The number of carbonyl (C=O) groups is 1. The van der Waals surface area contributed by atoms with E-state index in [0.717, 1.165) is 12.8 Å². The maximum absolute atomic E-state index is 11.0. The van der Waals surface area contributed by atoms with Crippen LogP contribution < -0.4 is 5.73 Å². The monoisotopic (exact) mass is 173 g/mol. The second-order valence-electron chi connectivity index (χ2n) is 3.34. The molecular weight excluding hydrogens is 158 g/mol. The van der Waals surface area contributed by atoms with Crippen LogP contribution in [0, 0.1) is 5.92 Å². The van der Waals surface area contributed by atoms with Gasteiger partial charge in [-0.25, -0.2) is 0 Å². The SMILES string of the molecule is CC(O)C(N)C(=O)OCC1CC1. The van der Waals surface area contributed by atoms with Crippen LogP contribution in [0.15, 0.2) is 0 Å². The molecule has 2 atom stereocenters. The summed E-state index contributed by atoms with van der Waals surface area (Å²) in [5, 5.41) is 8.95. The Bertz CT molecular complexity index is 166. The standard InChI is InChI=1S/C8H15NO3/c1-5(10)7(9)8(11)12-4-6-2-3-6/h5-7,10H,2-4,9H2,1H3. The molecule has 4 heteroatoms. The van der Waals surface area contributed by atoms with E-state index in [1.54, 1.807) is 0 Å². The molecule has 1 aliphatic rings. The maximum Gasteiger partial charge on any atom is 0.325 e. The van der Waals surface area contributed by atoms with Crippen LogP contribution in [0.3, 0.4) is 0 Å². The number of rotatable bonds is 4. The van der Waals surface area contributed by atoms with Crippen molar-refractivity contribution in [2.24, 2.45) is 11.7 Å². The summed E-state index contributed by atoms with van der Waals surface area (Å²) >= 11 is 0. The van der Waals surface area contributed by atoms with E-state index in [4.69, 9.17) is 15.6 Å².